The zero-order valence-electron chi connectivity index (χ0n) is 34.1. The van der Waals surface area contributed by atoms with Crippen molar-refractivity contribution < 1.29 is 42.3 Å². The first-order valence-electron chi connectivity index (χ1n) is 21.6. The third kappa shape index (κ3) is 32.4. The van der Waals surface area contributed by atoms with Crippen LogP contribution in [0.4, 0.5) is 0 Å². The van der Waals surface area contributed by atoms with E-state index in [4.69, 9.17) is 29.0 Å². The molecule has 0 aliphatic carbocycles. The minimum Gasteiger partial charge on any atom is -0.462 e. The number of ether oxygens (including phenoxy) is 3. The number of carbonyl (C=O) groups is 2. The molecule has 0 radical (unpaired) electrons. The predicted octanol–water partition coefficient (Wildman–Crippen LogP) is 11.2. The number of phosphoric acid groups is 1. The number of hydrogen-bond acceptors (Lipinski definition) is 9. The van der Waals surface area contributed by atoms with Gasteiger partial charge < -0.3 is 24.8 Å². The first kappa shape index (κ1) is 50.2. The van der Waals surface area contributed by atoms with Crippen LogP contribution in [-0.2, 0) is 37.4 Å². The molecule has 11 heteroatoms. The van der Waals surface area contributed by atoms with Crippen molar-refractivity contribution in [2.24, 2.45) is 5.73 Å². The lowest BCUT2D eigenvalue weighted by atomic mass is 10.0. The first-order valence-corrected chi connectivity index (χ1v) is 23.1. The molecule has 4 atom stereocenters. The number of unbranched alkanes of at least 4 members (excludes halogenated alkanes) is 18. The molecule has 1 heterocycles. The van der Waals surface area contributed by atoms with Gasteiger partial charge >= 0.3 is 19.8 Å². The molecule has 0 saturated carbocycles. The molecule has 1 aliphatic rings. The summed E-state index contributed by atoms with van der Waals surface area (Å²) in [6.07, 6.45) is 40.6. The highest BCUT2D eigenvalue weighted by molar-refractivity contribution is 7.47. The van der Waals surface area contributed by atoms with Crippen LogP contribution in [0.1, 0.15) is 181 Å². The molecule has 1 rings (SSSR count). The Morgan fingerprint density at radius 3 is 1.76 bits per heavy atom. The summed E-state index contributed by atoms with van der Waals surface area (Å²) >= 11 is 0. The fraction of sp³-hybridized carbons (Fsp3) is 0.814. The summed E-state index contributed by atoms with van der Waals surface area (Å²) in [5, 5.41) is 0. The van der Waals surface area contributed by atoms with Crippen molar-refractivity contribution in [1.82, 2.24) is 0 Å². The molecule has 1 fully saturated rings. The lowest BCUT2D eigenvalue weighted by Gasteiger charge is -2.19. The van der Waals surface area contributed by atoms with Gasteiger partial charge in [-0.05, 0) is 51.4 Å². The SMILES string of the molecule is CCCCC/C=C\C/C=C\CC1OC1C/C=C\CCCC(=O)O[C@H](COC(=O)CCCCCCCCCCCCCCCCC)COP(=O)(O)OCCN. The van der Waals surface area contributed by atoms with Gasteiger partial charge in [0.2, 0.25) is 0 Å². The normalized spacial score (nSPS) is 17.4. The number of epoxide rings is 1. The molecule has 10 nitrogen and oxygen atoms in total. The first-order chi connectivity index (χ1) is 26.3. The number of nitrogens with two attached hydrogens (primary N) is 1. The zero-order chi connectivity index (χ0) is 39.4. The number of rotatable bonds is 39. The van der Waals surface area contributed by atoms with Crippen LogP contribution >= 0.6 is 7.82 Å². The topological polar surface area (TPSA) is 147 Å². The summed E-state index contributed by atoms with van der Waals surface area (Å²) < 4.78 is 38.5. The standard InChI is InChI=1S/C43H78NO9P/c1-3-5-7-9-11-13-14-15-16-17-18-20-22-24-29-33-42(45)49-37-39(38-51-54(47,48)50-36-35-44)52-43(46)34-30-26-25-28-32-41-40(53-41)31-27-23-21-19-12-10-8-6-4-2/h12,19,23,25,27-28,39-41H,3-11,13-18,20-22,24,26,29-38,44H2,1-2H3,(H,47,48)/b19-12-,27-23-,28-25-/t39-,40?,41?/m1/s1. The minimum absolute atomic E-state index is 0.0423. The van der Waals surface area contributed by atoms with Gasteiger partial charge in [-0.2, -0.15) is 0 Å². The highest BCUT2D eigenvalue weighted by Crippen LogP contribution is 2.43. The molecule has 0 aromatic heterocycles. The highest BCUT2D eigenvalue weighted by Gasteiger charge is 2.36. The van der Waals surface area contributed by atoms with E-state index in [1.54, 1.807) is 0 Å². The number of esters is 2. The second-order valence-corrected chi connectivity index (χ2v) is 16.1. The van der Waals surface area contributed by atoms with Crippen molar-refractivity contribution in [3.05, 3.63) is 36.5 Å². The zero-order valence-corrected chi connectivity index (χ0v) is 35.0. The Hall–Kier alpha value is -1.81. The van der Waals surface area contributed by atoms with E-state index in [1.807, 2.05) is 6.08 Å². The van der Waals surface area contributed by atoms with Gasteiger partial charge in [0.25, 0.3) is 0 Å². The largest absolute Gasteiger partial charge is 0.472 e. The van der Waals surface area contributed by atoms with Gasteiger partial charge in [-0.3, -0.25) is 18.6 Å². The second kappa shape index (κ2) is 35.6. The monoisotopic (exact) mass is 784 g/mol. The van der Waals surface area contributed by atoms with Crippen LogP contribution in [0, 0.1) is 0 Å². The van der Waals surface area contributed by atoms with E-state index in [0.717, 1.165) is 44.9 Å². The van der Waals surface area contributed by atoms with Gasteiger partial charge in [0.1, 0.15) is 6.61 Å². The van der Waals surface area contributed by atoms with Crippen molar-refractivity contribution in [2.75, 3.05) is 26.4 Å². The van der Waals surface area contributed by atoms with Crippen molar-refractivity contribution in [3.63, 3.8) is 0 Å². The second-order valence-electron chi connectivity index (χ2n) is 14.6. The summed E-state index contributed by atoms with van der Waals surface area (Å²) in [5.74, 6) is -0.898. The quantitative estimate of drug-likeness (QED) is 0.0203. The van der Waals surface area contributed by atoms with Gasteiger partial charge in [0.05, 0.1) is 25.4 Å². The third-order valence-electron chi connectivity index (χ3n) is 9.43. The molecule has 314 valence electrons. The Balaban J connectivity index is 2.23. The summed E-state index contributed by atoms with van der Waals surface area (Å²) in [7, 11) is -4.40. The van der Waals surface area contributed by atoms with Crippen LogP contribution < -0.4 is 5.73 Å². The predicted molar refractivity (Wildman–Crippen MR) is 219 cm³/mol. The summed E-state index contributed by atoms with van der Waals surface area (Å²) in [5.41, 5.74) is 5.34. The van der Waals surface area contributed by atoms with E-state index in [1.165, 1.54) is 96.3 Å². The van der Waals surface area contributed by atoms with E-state index in [2.05, 4.69) is 44.2 Å². The molecular weight excluding hydrogens is 705 g/mol. The van der Waals surface area contributed by atoms with Crippen LogP contribution in [-0.4, -0.2) is 61.5 Å². The van der Waals surface area contributed by atoms with E-state index < -0.39 is 32.5 Å². The molecule has 3 N–H and O–H groups in total. The molecular formula is C43H78NO9P. The fourth-order valence-corrected chi connectivity index (χ4v) is 6.85. The van der Waals surface area contributed by atoms with Gasteiger partial charge in [-0.25, -0.2) is 4.57 Å². The van der Waals surface area contributed by atoms with Crippen LogP contribution in [0.3, 0.4) is 0 Å². The maximum absolute atomic E-state index is 12.6. The Morgan fingerprint density at radius 2 is 1.15 bits per heavy atom. The third-order valence-corrected chi connectivity index (χ3v) is 10.4. The molecule has 0 aromatic carbocycles. The Labute approximate surface area is 329 Å². The average Bonchev–Trinajstić information content (AvgIpc) is 3.91. The molecule has 0 spiro atoms. The maximum Gasteiger partial charge on any atom is 0.472 e. The summed E-state index contributed by atoms with van der Waals surface area (Å²) in [4.78, 5) is 34.9. The van der Waals surface area contributed by atoms with Gasteiger partial charge in [0, 0.05) is 19.4 Å². The smallest absolute Gasteiger partial charge is 0.462 e. The lowest BCUT2D eigenvalue weighted by Crippen LogP contribution is -2.29. The molecule has 0 amide bonds. The van der Waals surface area contributed by atoms with Gasteiger partial charge in [0.15, 0.2) is 6.10 Å². The van der Waals surface area contributed by atoms with Gasteiger partial charge in [-0.1, -0.05) is 153 Å². The molecule has 1 saturated heterocycles. The minimum atomic E-state index is -4.40. The average molecular weight is 784 g/mol. The molecule has 0 aromatic rings. The highest BCUT2D eigenvalue weighted by atomic mass is 31.2. The van der Waals surface area contributed by atoms with Crippen LogP contribution in [0.15, 0.2) is 36.5 Å². The van der Waals surface area contributed by atoms with E-state index in [0.29, 0.717) is 12.8 Å². The maximum atomic E-state index is 12.6. The Kier molecular flexibility index (Phi) is 33.1. The Morgan fingerprint density at radius 1 is 0.648 bits per heavy atom. The van der Waals surface area contributed by atoms with Crippen molar-refractivity contribution >= 4 is 19.8 Å². The van der Waals surface area contributed by atoms with E-state index in [9.17, 15) is 19.0 Å². The number of hydrogen-bond donors (Lipinski definition) is 2. The van der Waals surface area contributed by atoms with Crippen molar-refractivity contribution in [2.45, 2.75) is 199 Å². The van der Waals surface area contributed by atoms with Crippen LogP contribution in [0.5, 0.6) is 0 Å². The molecule has 3 unspecified atom stereocenters. The molecule has 1 aliphatic heterocycles. The van der Waals surface area contributed by atoms with Crippen LogP contribution in [0.2, 0.25) is 0 Å². The molecule has 0 bridgehead atoms. The summed E-state index contributed by atoms with van der Waals surface area (Å²) in [6.45, 7) is 3.63. The number of carbonyl (C=O) groups excluding carboxylic acids is 2. The summed E-state index contributed by atoms with van der Waals surface area (Å²) in [6, 6.07) is 0. The Bertz CT molecular complexity index is 1050. The fourth-order valence-electron chi connectivity index (χ4n) is 6.08. The van der Waals surface area contributed by atoms with Crippen molar-refractivity contribution in [3.8, 4) is 0 Å². The van der Waals surface area contributed by atoms with E-state index >= 15 is 0 Å². The molecule has 54 heavy (non-hydrogen) atoms. The number of phosphoric ester groups is 1. The van der Waals surface area contributed by atoms with Gasteiger partial charge in [-0.15, -0.1) is 0 Å². The lowest BCUT2D eigenvalue weighted by molar-refractivity contribution is -0.161. The van der Waals surface area contributed by atoms with Crippen LogP contribution in [0.25, 0.3) is 0 Å². The van der Waals surface area contributed by atoms with E-state index in [-0.39, 0.29) is 44.8 Å². The number of allylic oxidation sites excluding steroid dienone is 4. The van der Waals surface area contributed by atoms with Crippen molar-refractivity contribution in [1.29, 1.82) is 0 Å².